The Hall–Kier alpha value is -2.26. The van der Waals surface area contributed by atoms with Crippen molar-refractivity contribution in [3.8, 4) is 0 Å². The van der Waals surface area contributed by atoms with Crippen LogP contribution in [0.15, 0.2) is 48.7 Å². The summed E-state index contributed by atoms with van der Waals surface area (Å²) in [6.07, 6.45) is -3.02. The number of hydrogen-bond donors (Lipinski definition) is 4. The van der Waals surface area contributed by atoms with Gasteiger partial charge >= 0.3 is 0 Å². The quantitative estimate of drug-likeness (QED) is 0.447. The number of aryl methyl sites for hydroxylation is 1. The average Bonchev–Trinajstić information content (AvgIpc) is 3.19. The van der Waals surface area contributed by atoms with Crippen LogP contribution >= 0.6 is 0 Å². The fourth-order valence-electron chi connectivity index (χ4n) is 4.42. The van der Waals surface area contributed by atoms with Crippen LogP contribution in [0.1, 0.15) is 35.3 Å². The van der Waals surface area contributed by atoms with Gasteiger partial charge in [-0.1, -0.05) is 31.2 Å². The summed E-state index contributed by atoms with van der Waals surface area (Å²) in [6.45, 7) is 2.65. The van der Waals surface area contributed by atoms with Gasteiger partial charge in [0.05, 0.1) is 13.2 Å². The fourth-order valence-corrected chi connectivity index (χ4v) is 4.42. The Morgan fingerprint density at radius 2 is 1.69 bits per heavy atom. The fraction of sp³-hybridized carbons (Fsp3) is 0.440. The first-order valence-corrected chi connectivity index (χ1v) is 11.0. The van der Waals surface area contributed by atoms with Crippen LogP contribution < -0.4 is 0 Å². The number of hydrogen-bond acceptors (Lipinski definition) is 6. The molecule has 2 aromatic carbocycles. The molecule has 1 fully saturated rings. The highest BCUT2D eigenvalue weighted by atomic mass is 16.5. The van der Waals surface area contributed by atoms with Gasteiger partial charge < -0.3 is 34.5 Å². The van der Waals surface area contributed by atoms with Gasteiger partial charge in [-0.25, -0.2) is 0 Å². The molecule has 5 atom stereocenters. The largest absolute Gasteiger partial charge is 0.394 e. The Kier molecular flexibility index (Phi) is 6.95. The SMILES string of the molecule is CCc1ccc(Cn2ccc3cc(COC)c([C@@H]4O[C@H](CO)C(O)[C@H](O)[C@H]4O)cc32)cc1. The summed E-state index contributed by atoms with van der Waals surface area (Å²) in [7, 11) is 1.59. The van der Waals surface area contributed by atoms with E-state index in [-0.39, 0.29) is 0 Å². The first kappa shape index (κ1) is 22.9. The maximum absolute atomic E-state index is 10.7. The van der Waals surface area contributed by atoms with Gasteiger partial charge in [0.15, 0.2) is 0 Å². The summed E-state index contributed by atoms with van der Waals surface area (Å²) in [4.78, 5) is 0. The summed E-state index contributed by atoms with van der Waals surface area (Å²) < 4.78 is 13.3. The third-order valence-corrected chi connectivity index (χ3v) is 6.31. The number of aromatic nitrogens is 1. The zero-order chi connectivity index (χ0) is 22.8. The van der Waals surface area contributed by atoms with Crippen molar-refractivity contribution in [3.63, 3.8) is 0 Å². The number of aliphatic hydroxyl groups excluding tert-OH is 4. The molecule has 1 aliphatic heterocycles. The van der Waals surface area contributed by atoms with E-state index in [1.54, 1.807) is 7.11 Å². The summed E-state index contributed by atoms with van der Waals surface area (Å²) in [5.74, 6) is 0. The Labute approximate surface area is 187 Å². The van der Waals surface area contributed by atoms with Crippen molar-refractivity contribution in [1.82, 2.24) is 4.57 Å². The molecule has 1 aromatic heterocycles. The molecule has 0 radical (unpaired) electrons. The predicted octanol–water partition coefficient (Wildman–Crippen LogP) is 1.91. The lowest BCUT2D eigenvalue weighted by molar-refractivity contribution is -0.232. The van der Waals surface area contributed by atoms with Crippen LogP contribution in [0.25, 0.3) is 10.9 Å². The molecule has 0 bridgehead atoms. The number of ether oxygens (including phenoxy) is 2. The van der Waals surface area contributed by atoms with Crippen molar-refractivity contribution in [3.05, 3.63) is 70.9 Å². The van der Waals surface area contributed by atoms with Crippen molar-refractivity contribution in [2.24, 2.45) is 0 Å². The first-order valence-electron chi connectivity index (χ1n) is 11.0. The second kappa shape index (κ2) is 9.70. The second-order valence-corrected chi connectivity index (χ2v) is 8.41. The number of benzene rings is 2. The van der Waals surface area contributed by atoms with Crippen molar-refractivity contribution in [1.29, 1.82) is 0 Å². The summed E-state index contributed by atoms with van der Waals surface area (Å²) in [5.41, 5.74) is 4.90. The molecule has 4 rings (SSSR count). The van der Waals surface area contributed by atoms with Crippen LogP contribution in [0.2, 0.25) is 0 Å². The molecule has 32 heavy (non-hydrogen) atoms. The van der Waals surface area contributed by atoms with Crippen LogP contribution in [0.3, 0.4) is 0 Å². The third kappa shape index (κ3) is 4.32. The van der Waals surface area contributed by atoms with Gasteiger partial charge in [0.25, 0.3) is 0 Å². The van der Waals surface area contributed by atoms with Gasteiger partial charge in [-0.05, 0) is 52.3 Å². The Bertz CT molecular complexity index is 1040. The molecule has 1 aliphatic rings. The number of aliphatic hydroxyl groups is 4. The minimum absolute atomic E-state index is 0.296. The smallest absolute Gasteiger partial charge is 0.113 e. The number of rotatable bonds is 7. The molecule has 0 aliphatic carbocycles. The predicted molar refractivity (Wildman–Crippen MR) is 120 cm³/mol. The van der Waals surface area contributed by atoms with Crippen LogP contribution in [-0.4, -0.2) is 63.1 Å². The van der Waals surface area contributed by atoms with Gasteiger partial charge in [0.2, 0.25) is 0 Å². The van der Waals surface area contributed by atoms with E-state index in [1.807, 2.05) is 24.4 Å². The molecule has 7 nitrogen and oxygen atoms in total. The van der Waals surface area contributed by atoms with Crippen molar-refractivity contribution < 1.29 is 29.9 Å². The molecule has 172 valence electrons. The lowest BCUT2D eigenvalue weighted by atomic mass is 9.88. The van der Waals surface area contributed by atoms with E-state index in [0.29, 0.717) is 18.7 Å². The first-order chi connectivity index (χ1) is 15.5. The van der Waals surface area contributed by atoms with Crippen molar-refractivity contribution >= 4 is 10.9 Å². The molecule has 7 heteroatoms. The minimum Gasteiger partial charge on any atom is -0.394 e. The molecule has 2 heterocycles. The standard InChI is InChI=1S/C25H31NO6/c1-3-15-4-6-16(7-5-15)12-26-9-8-17-10-18(14-31-2)19(11-20(17)26)25-24(30)23(29)22(28)21(13-27)32-25/h4-11,21-25,27-30H,3,12-14H2,1-2H3/t21-,22?,23+,24-,25+/m1/s1. The molecular formula is C25H31NO6. The van der Waals surface area contributed by atoms with Crippen LogP contribution in [0, 0.1) is 0 Å². The maximum atomic E-state index is 10.7. The highest BCUT2D eigenvalue weighted by Crippen LogP contribution is 2.36. The summed E-state index contributed by atoms with van der Waals surface area (Å²) in [5, 5.41) is 41.7. The Morgan fingerprint density at radius 1 is 0.969 bits per heavy atom. The van der Waals surface area contributed by atoms with Gasteiger partial charge in [0, 0.05) is 25.4 Å². The lowest BCUT2D eigenvalue weighted by Crippen LogP contribution is -2.55. The van der Waals surface area contributed by atoms with E-state index in [1.165, 1.54) is 11.1 Å². The third-order valence-electron chi connectivity index (χ3n) is 6.31. The van der Waals surface area contributed by atoms with Crippen molar-refractivity contribution in [2.75, 3.05) is 13.7 Å². The topological polar surface area (TPSA) is 104 Å². The second-order valence-electron chi connectivity index (χ2n) is 8.41. The average molecular weight is 442 g/mol. The van der Waals surface area contributed by atoms with Gasteiger partial charge in [-0.15, -0.1) is 0 Å². The van der Waals surface area contributed by atoms with E-state index in [2.05, 4.69) is 35.8 Å². The monoisotopic (exact) mass is 441 g/mol. The van der Waals surface area contributed by atoms with Crippen molar-refractivity contribution in [2.45, 2.75) is 57.0 Å². The van der Waals surface area contributed by atoms with Crippen LogP contribution in [0.5, 0.6) is 0 Å². The normalized spacial score (nSPS) is 26.0. The van der Waals surface area contributed by atoms with Gasteiger partial charge in [-0.3, -0.25) is 0 Å². The minimum atomic E-state index is -1.43. The van der Waals surface area contributed by atoms with Crippen LogP contribution in [0.4, 0.5) is 0 Å². The molecule has 0 spiro atoms. The molecule has 0 saturated carbocycles. The van der Waals surface area contributed by atoms with E-state index in [9.17, 15) is 20.4 Å². The number of fused-ring (bicyclic) bond motifs is 1. The van der Waals surface area contributed by atoms with Gasteiger partial charge in [-0.2, -0.15) is 0 Å². The molecular weight excluding hydrogens is 410 g/mol. The van der Waals surface area contributed by atoms with E-state index >= 15 is 0 Å². The highest BCUT2D eigenvalue weighted by Gasteiger charge is 2.44. The highest BCUT2D eigenvalue weighted by molar-refractivity contribution is 5.82. The molecule has 1 unspecified atom stereocenters. The lowest BCUT2D eigenvalue weighted by Gasteiger charge is -2.40. The molecule has 3 aromatic rings. The molecule has 0 amide bonds. The Morgan fingerprint density at radius 3 is 2.34 bits per heavy atom. The summed E-state index contributed by atoms with van der Waals surface area (Å²) >= 11 is 0. The van der Waals surface area contributed by atoms with E-state index < -0.39 is 37.1 Å². The number of nitrogens with zero attached hydrogens (tertiary/aromatic N) is 1. The Balaban J connectivity index is 1.73. The number of methoxy groups -OCH3 is 1. The molecule has 1 saturated heterocycles. The van der Waals surface area contributed by atoms with E-state index in [4.69, 9.17) is 9.47 Å². The van der Waals surface area contributed by atoms with E-state index in [0.717, 1.165) is 22.9 Å². The maximum Gasteiger partial charge on any atom is 0.113 e. The summed E-state index contributed by atoms with van der Waals surface area (Å²) in [6, 6.07) is 14.5. The van der Waals surface area contributed by atoms with Crippen LogP contribution in [-0.2, 0) is 29.0 Å². The zero-order valence-corrected chi connectivity index (χ0v) is 18.4. The van der Waals surface area contributed by atoms with Gasteiger partial charge in [0.1, 0.15) is 30.5 Å². The zero-order valence-electron chi connectivity index (χ0n) is 18.4. The molecule has 4 N–H and O–H groups in total.